The van der Waals surface area contributed by atoms with Gasteiger partial charge in [0.25, 0.3) is 0 Å². The average Bonchev–Trinajstić information content (AvgIpc) is 2.03. The minimum atomic E-state index is -1.02. The van der Waals surface area contributed by atoms with Crippen molar-refractivity contribution in [1.82, 2.24) is 9.97 Å². The number of aliphatic carboxylic acids is 1. The molecular weight excluding hydrogens is 177 g/mol. The van der Waals surface area contributed by atoms with Crippen LogP contribution in [0.2, 0.25) is 0 Å². The van der Waals surface area contributed by atoms with Crippen LogP contribution in [0.4, 0.5) is 10.3 Å². The Balaban J connectivity index is 2.76. The molecule has 0 atom stereocenters. The predicted molar refractivity (Wildman–Crippen MR) is 42.9 cm³/mol. The standard InChI is InChI=1S/C7H8FN3O2/c1-11(4-6(12)13)7-9-3-2-5(8)10-7/h2-3H,4H2,1H3,(H,12,13). The lowest BCUT2D eigenvalue weighted by atomic mass is 10.5. The van der Waals surface area contributed by atoms with Crippen molar-refractivity contribution in [2.24, 2.45) is 0 Å². The summed E-state index contributed by atoms with van der Waals surface area (Å²) >= 11 is 0. The number of hydrogen-bond acceptors (Lipinski definition) is 4. The van der Waals surface area contributed by atoms with Gasteiger partial charge in [-0.2, -0.15) is 9.37 Å². The molecule has 0 spiro atoms. The summed E-state index contributed by atoms with van der Waals surface area (Å²) in [4.78, 5) is 18.6. The van der Waals surface area contributed by atoms with Gasteiger partial charge in [0, 0.05) is 19.3 Å². The molecule has 0 fully saturated rings. The largest absolute Gasteiger partial charge is 0.480 e. The summed E-state index contributed by atoms with van der Waals surface area (Å²) in [5, 5.41) is 8.42. The van der Waals surface area contributed by atoms with Gasteiger partial charge in [0.15, 0.2) is 0 Å². The van der Waals surface area contributed by atoms with Crippen LogP contribution in [0.5, 0.6) is 0 Å². The Morgan fingerprint density at radius 1 is 1.77 bits per heavy atom. The summed E-state index contributed by atoms with van der Waals surface area (Å²) in [6, 6.07) is 1.10. The highest BCUT2D eigenvalue weighted by molar-refractivity contribution is 5.72. The topological polar surface area (TPSA) is 66.3 Å². The first-order valence-corrected chi connectivity index (χ1v) is 3.51. The molecule has 0 radical (unpaired) electrons. The molecule has 0 aliphatic heterocycles. The van der Waals surface area contributed by atoms with Crippen LogP contribution < -0.4 is 4.90 Å². The summed E-state index contributed by atoms with van der Waals surface area (Å²) in [7, 11) is 1.48. The lowest BCUT2D eigenvalue weighted by Crippen LogP contribution is -2.26. The lowest BCUT2D eigenvalue weighted by molar-refractivity contribution is -0.135. The van der Waals surface area contributed by atoms with E-state index < -0.39 is 11.9 Å². The van der Waals surface area contributed by atoms with Gasteiger partial charge in [-0.15, -0.1) is 0 Å². The van der Waals surface area contributed by atoms with E-state index in [0.717, 1.165) is 6.07 Å². The predicted octanol–water partition coefficient (Wildman–Crippen LogP) is 0.136. The van der Waals surface area contributed by atoms with E-state index in [9.17, 15) is 9.18 Å². The lowest BCUT2D eigenvalue weighted by Gasteiger charge is -2.12. The number of hydrogen-bond donors (Lipinski definition) is 1. The minimum Gasteiger partial charge on any atom is -0.480 e. The van der Waals surface area contributed by atoms with Gasteiger partial charge in [-0.05, 0) is 0 Å². The van der Waals surface area contributed by atoms with Crippen LogP contribution in [0.15, 0.2) is 12.3 Å². The number of carboxylic acids is 1. The number of halogens is 1. The maximum absolute atomic E-state index is 12.5. The number of carbonyl (C=O) groups is 1. The normalized spacial score (nSPS) is 9.69. The Morgan fingerprint density at radius 3 is 3.00 bits per heavy atom. The summed E-state index contributed by atoms with van der Waals surface area (Å²) in [6.07, 6.45) is 1.23. The molecule has 13 heavy (non-hydrogen) atoms. The zero-order chi connectivity index (χ0) is 9.84. The molecule has 1 heterocycles. The van der Waals surface area contributed by atoms with Gasteiger partial charge in [0.1, 0.15) is 6.54 Å². The Bertz CT molecular complexity index is 318. The fraction of sp³-hybridized carbons (Fsp3) is 0.286. The van der Waals surface area contributed by atoms with Crippen LogP contribution in [-0.2, 0) is 4.79 Å². The zero-order valence-electron chi connectivity index (χ0n) is 6.94. The van der Waals surface area contributed by atoms with E-state index >= 15 is 0 Å². The van der Waals surface area contributed by atoms with Crippen LogP contribution in [0.1, 0.15) is 0 Å². The maximum Gasteiger partial charge on any atom is 0.323 e. The third-order valence-corrected chi connectivity index (χ3v) is 1.32. The van der Waals surface area contributed by atoms with Gasteiger partial charge in [-0.1, -0.05) is 0 Å². The molecule has 1 N–H and O–H groups in total. The van der Waals surface area contributed by atoms with Crippen molar-refractivity contribution in [3.8, 4) is 0 Å². The van der Waals surface area contributed by atoms with E-state index in [0.29, 0.717) is 0 Å². The fourth-order valence-electron chi connectivity index (χ4n) is 0.785. The van der Waals surface area contributed by atoms with Crippen molar-refractivity contribution >= 4 is 11.9 Å². The Morgan fingerprint density at radius 2 is 2.46 bits per heavy atom. The third kappa shape index (κ3) is 2.66. The van der Waals surface area contributed by atoms with E-state index in [-0.39, 0.29) is 12.5 Å². The number of aromatic nitrogens is 2. The molecule has 0 saturated carbocycles. The highest BCUT2D eigenvalue weighted by atomic mass is 19.1. The van der Waals surface area contributed by atoms with E-state index in [1.165, 1.54) is 18.1 Å². The van der Waals surface area contributed by atoms with Crippen molar-refractivity contribution in [2.45, 2.75) is 0 Å². The van der Waals surface area contributed by atoms with Crippen molar-refractivity contribution in [2.75, 3.05) is 18.5 Å². The summed E-state index contributed by atoms with van der Waals surface area (Å²) in [6.45, 7) is -0.260. The van der Waals surface area contributed by atoms with Crippen LogP contribution in [0.3, 0.4) is 0 Å². The molecule has 1 aromatic heterocycles. The SMILES string of the molecule is CN(CC(=O)O)c1nccc(F)n1. The second-order valence-corrected chi connectivity index (χ2v) is 2.43. The van der Waals surface area contributed by atoms with E-state index in [1.54, 1.807) is 0 Å². The molecule has 5 nitrogen and oxygen atoms in total. The molecule has 0 unspecified atom stereocenters. The van der Waals surface area contributed by atoms with Crippen molar-refractivity contribution < 1.29 is 14.3 Å². The van der Waals surface area contributed by atoms with Crippen molar-refractivity contribution in [1.29, 1.82) is 0 Å². The number of rotatable bonds is 3. The number of carboxylic acid groups (broad SMARTS) is 1. The van der Waals surface area contributed by atoms with Gasteiger partial charge in [-0.3, -0.25) is 4.79 Å². The number of anilines is 1. The molecule has 0 aromatic carbocycles. The van der Waals surface area contributed by atoms with Gasteiger partial charge >= 0.3 is 5.97 Å². The first-order valence-electron chi connectivity index (χ1n) is 3.51. The Labute approximate surface area is 73.8 Å². The fourth-order valence-corrected chi connectivity index (χ4v) is 0.785. The van der Waals surface area contributed by atoms with Crippen LogP contribution in [0, 0.1) is 5.95 Å². The van der Waals surface area contributed by atoms with Gasteiger partial charge in [0.05, 0.1) is 0 Å². The molecule has 6 heteroatoms. The summed E-state index contributed by atoms with van der Waals surface area (Å²) in [5.74, 6) is -1.64. The van der Waals surface area contributed by atoms with Crippen molar-refractivity contribution in [3.63, 3.8) is 0 Å². The second kappa shape index (κ2) is 3.79. The molecule has 0 bridgehead atoms. The maximum atomic E-state index is 12.5. The molecular formula is C7H8FN3O2. The monoisotopic (exact) mass is 185 g/mol. The minimum absolute atomic E-state index is 0.0578. The molecule has 1 rings (SSSR count). The number of likely N-dealkylation sites (N-methyl/N-ethyl adjacent to an activating group) is 1. The smallest absolute Gasteiger partial charge is 0.323 e. The van der Waals surface area contributed by atoms with Crippen LogP contribution in [-0.4, -0.2) is 34.6 Å². The molecule has 0 amide bonds. The van der Waals surface area contributed by atoms with E-state index in [4.69, 9.17) is 5.11 Å². The molecule has 0 aliphatic carbocycles. The molecule has 70 valence electrons. The van der Waals surface area contributed by atoms with Crippen molar-refractivity contribution in [3.05, 3.63) is 18.2 Å². The quantitative estimate of drug-likeness (QED) is 0.678. The first-order chi connectivity index (χ1) is 6.09. The highest BCUT2D eigenvalue weighted by Gasteiger charge is 2.08. The number of nitrogens with zero attached hydrogens (tertiary/aromatic N) is 3. The zero-order valence-corrected chi connectivity index (χ0v) is 6.94. The van der Waals surface area contributed by atoms with Gasteiger partial charge in [0.2, 0.25) is 11.9 Å². The molecule has 0 saturated heterocycles. The molecule has 1 aromatic rings. The third-order valence-electron chi connectivity index (χ3n) is 1.32. The second-order valence-electron chi connectivity index (χ2n) is 2.43. The average molecular weight is 185 g/mol. The van der Waals surface area contributed by atoms with Gasteiger partial charge in [-0.25, -0.2) is 4.98 Å². The Kier molecular flexibility index (Phi) is 2.73. The van der Waals surface area contributed by atoms with Gasteiger partial charge < -0.3 is 10.0 Å². The molecule has 0 aliphatic rings. The Hall–Kier alpha value is -1.72. The first kappa shape index (κ1) is 9.37. The van der Waals surface area contributed by atoms with Crippen LogP contribution >= 0.6 is 0 Å². The summed E-state index contributed by atoms with van der Waals surface area (Å²) < 4.78 is 12.5. The van der Waals surface area contributed by atoms with Crippen LogP contribution in [0.25, 0.3) is 0 Å². The van der Waals surface area contributed by atoms with E-state index in [1.807, 2.05) is 0 Å². The summed E-state index contributed by atoms with van der Waals surface area (Å²) in [5.41, 5.74) is 0. The van der Waals surface area contributed by atoms with E-state index in [2.05, 4.69) is 9.97 Å². The highest BCUT2D eigenvalue weighted by Crippen LogP contribution is 2.03.